The fourth-order valence-corrected chi connectivity index (χ4v) is 3.96. The molecule has 1 aliphatic heterocycles. The standard InChI is InChI=1S/C18H27BrN2/c1-3-13(2)17-12-21(18(10-20-17)15-7-8-15)11-14-5-4-6-16(19)9-14/h4-6,9,13,15,17-18,20H,3,7-8,10-12H2,1-2H3. The van der Waals surface area contributed by atoms with Crippen LogP contribution in [0.2, 0.25) is 0 Å². The van der Waals surface area contributed by atoms with Crippen LogP contribution in [0.4, 0.5) is 0 Å². The topological polar surface area (TPSA) is 15.3 Å². The minimum atomic E-state index is 0.650. The van der Waals surface area contributed by atoms with Crippen LogP contribution in [-0.4, -0.2) is 30.1 Å². The highest BCUT2D eigenvalue weighted by atomic mass is 79.9. The van der Waals surface area contributed by atoms with E-state index < -0.39 is 0 Å². The molecule has 3 rings (SSSR count). The quantitative estimate of drug-likeness (QED) is 0.861. The second kappa shape index (κ2) is 6.80. The molecule has 1 aliphatic carbocycles. The van der Waals surface area contributed by atoms with Crippen molar-refractivity contribution < 1.29 is 0 Å². The highest BCUT2D eigenvalue weighted by Crippen LogP contribution is 2.37. The first-order valence-electron chi connectivity index (χ1n) is 8.39. The van der Waals surface area contributed by atoms with Gasteiger partial charge in [0.25, 0.3) is 0 Å². The number of nitrogens with zero attached hydrogens (tertiary/aromatic N) is 1. The summed E-state index contributed by atoms with van der Waals surface area (Å²) in [5.41, 5.74) is 1.43. The van der Waals surface area contributed by atoms with Gasteiger partial charge in [-0.15, -0.1) is 0 Å². The molecule has 2 nitrogen and oxygen atoms in total. The van der Waals surface area contributed by atoms with Crippen LogP contribution in [0, 0.1) is 11.8 Å². The fourth-order valence-electron chi connectivity index (χ4n) is 3.52. The van der Waals surface area contributed by atoms with Gasteiger partial charge in [0.15, 0.2) is 0 Å². The Labute approximate surface area is 137 Å². The Balaban J connectivity index is 1.71. The van der Waals surface area contributed by atoms with Crippen LogP contribution in [0.5, 0.6) is 0 Å². The van der Waals surface area contributed by atoms with Gasteiger partial charge in [0, 0.05) is 36.2 Å². The third-order valence-electron chi connectivity index (χ3n) is 5.26. The van der Waals surface area contributed by atoms with Gasteiger partial charge < -0.3 is 5.32 Å². The molecular formula is C18H27BrN2. The fraction of sp³-hybridized carbons (Fsp3) is 0.667. The van der Waals surface area contributed by atoms with Gasteiger partial charge in [-0.25, -0.2) is 0 Å². The lowest BCUT2D eigenvalue weighted by Crippen LogP contribution is -2.58. The summed E-state index contributed by atoms with van der Waals surface area (Å²) in [7, 11) is 0. The average molecular weight is 351 g/mol. The van der Waals surface area contributed by atoms with Crippen LogP contribution < -0.4 is 5.32 Å². The highest BCUT2D eigenvalue weighted by molar-refractivity contribution is 9.10. The molecule has 21 heavy (non-hydrogen) atoms. The molecule has 1 N–H and O–H groups in total. The minimum absolute atomic E-state index is 0.650. The van der Waals surface area contributed by atoms with Crippen molar-refractivity contribution in [3.05, 3.63) is 34.3 Å². The minimum Gasteiger partial charge on any atom is -0.311 e. The Morgan fingerprint density at radius 3 is 2.86 bits per heavy atom. The molecule has 0 aromatic heterocycles. The summed E-state index contributed by atoms with van der Waals surface area (Å²) in [6.07, 6.45) is 4.11. The van der Waals surface area contributed by atoms with Gasteiger partial charge in [-0.1, -0.05) is 48.3 Å². The van der Waals surface area contributed by atoms with Gasteiger partial charge in [-0.2, -0.15) is 0 Å². The van der Waals surface area contributed by atoms with Gasteiger partial charge in [-0.05, 0) is 42.4 Å². The van der Waals surface area contributed by atoms with Gasteiger partial charge in [0.05, 0.1) is 0 Å². The molecule has 2 fully saturated rings. The molecular weight excluding hydrogens is 324 g/mol. The predicted octanol–water partition coefficient (Wildman–Crippen LogP) is 4.05. The van der Waals surface area contributed by atoms with E-state index in [4.69, 9.17) is 0 Å². The van der Waals surface area contributed by atoms with Crippen molar-refractivity contribution in [3.8, 4) is 0 Å². The molecule has 3 heteroatoms. The molecule has 0 amide bonds. The van der Waals surface area contributed by atoms with Crippen LogP contribution >= 0.6 is 15.9 Å². The number of rotatable bonds is 5. The van der Waals surface area contributed by atoms with Crippen molar-refractivity contribution in [2.24, 2.45) is 11.8 Å². The third-order valence-corrected chi connectivity index (χ3v) is 5.75. The number of halogens is 1. The van der Waals surface area contributed by atoms with E-state index >= 15 is 0 Å². The van der Waals surface area contributed by atoms with Crippen molar-refractivity contribution >= 4 is 15.9 Å². The van der Waals surface area contributed by atoms with Crippen molar-refractivity contribution in [3.63, 3.8) is 0 Å². The van der Waals surface area contributed by atoms with E-state index in [1.54, 1.807) is 0 Å². The maximum Gasteiger partial charge on any atom is 0.0253 e. The maximum absolute atomic E-state index is 3.82. The van der Waals surface area contributed by atoms with E-state index in [1.165, 1.54) is 42.4 Å². The first kappa shape index (κ1) is 15.5. The third kappa shape index (κ3) is 3.88. The molecule has 3 atom stereocenters. The van der Waals surface area contributed by atoms with E-state index in [-0.39, 0.29) is 0 Å². The number of piperazine rings is 1. The summed E-state index contributed by atoms with van der Waals surface area (Å²) in [6.45, 7) is 8.15. The second-order valence-corrected chi connectivity index (χ2v) is 7.78. The van der Waals surface area contributed by atoms with Gasteiger partial charge in [0.1, 0.15) is 0 Å². The molecule has 0 radical (unpaired) electrons. The number of nitrogens with one attached hydrogen (secondary N) is 1. The molecule has 0 bridgehead atoms. The smallest absolute Gasteiger partial charge is 0.0253 e. The number of benzene rings is 1. The maximum atomic E-state index is 3.82. The highest BCUT2D eigenvalue weighted by Gasteiger charge is 2.39. The zero-order valence-corrected chi connectivity index (χ0v) is 14.8. The molecule has 1 aromatic carbocycles. The van der Waals surface area contributed by atoms with Crippen molar-refractivity contribution in [2.45, 2.75) is 51.7 Å². The largest absolute Gasteiger partial charge is 0.311 e. The Hall–Kier alpha value is -0.380. The molecule has 116 valence electrons. The van der Waals surface area contributed by atoms with E-state index in [0.717, 1.165) is 24.4 Å². The van der Waals surface area contributed by atoms with Gasteiger partial charge in [-0.3, -0.25) is 4.90 Å². The van der Waals surface area contributed by atoms with E-state index in [0.29, 0.717) is 6.04 Å². The predicted molar refractivity (Wildman–Crippen MR) is 92.3 cm³/mol. The Kier molecular flexibility index (Phi) is 5.03. The summed E-state index contributed by atoms with van der Waals surface area (Å²) < 4.78 is 1.19. The zero-order chi connectivity index (χ0) is 14.8. The van der Waals surface area contributed by atoms with E-state index in [1.807, 2.05) is 0 Å². The molecule has 3 unspecified atom stereocenters. The molecule has 1 heterocycles. The summed E-state index contributed by atoms with van der Waals surface area (Å²) >= 11 is 3.60. The van der Waals surface area contributed by atoms with Crippen molar-refractivity contribution in [1.29, 1.82) is 0 Å². The first-order valence-corrected chi connectivity index (χ1v) is 9.18. The first-order chi connectivity index (χ1) is 10.2. The number of hydrogen-bond acceptors (Lipinski definition) is 2. The lowest BCUT2D eigenvalue weighted by Gasteiger charge is -2.42. The van der Waals surface area contributed by atoms with Crippen molar-refractivity contribution in [1.82, 2.24) is 10.2 Å². The van der Waals surface area contributed by atoms with Crippen molar-refractivity contribution in [2.75, 3.05) is 13.1 Å². The second-order valence-electron chi connectivity index (χ2n) is 6.86. The molecule has 1 saturated carbocycles. The molecule has 1 saturated heterocycles. The molecule has 1 aromatic rings. The van der Waals surface area contributed by atoms with Crippen LogP contribution in [0.3, 0.4) is 0 Å². The number of hydrogen-bond donors (Lipinski definition) is 1. The average Bonchev–Trinajstić information content (AvgIpc) is 3.31. The molecule has 0 spiro atoms. The van der Waals surface area contributed by atoms with Gasteiger partial charge >= 0.3 is 0 Å². The monoisotopic (exact) mass is 350 g/mol. The summed E-state index contributed by atoms with van der Waals surface area (Å²) in [6, 6.07) is 10.2. The van der Waals surface area contributed by atoms with Gasteiger partial charge in [0.2, 0.25) is 0 Å². The Morgan fingerprint density at radius 1 is 1.38 bits per heavy atom. The van der Waals surface area contributed by atoms with Crippen LogP contribution in [0.25, 0.3) is 0 Å². The van der Waals surface area contributed by atoms with E-state index in [2.05, 4.69) is 64.3 Å². The Morgan fingerprint density at radius 2 is 2.19 bits per heavy atom. The SMILES string of the molecule is CCC(C)C1CN(Cc2cccc(Br)c2)C(C2CC2)CN1. The normalized spacial score (nSPS) is 28.5. The summed E-state index contributed by atoms with van der Waals surface area (Å²) in [5, 5.41) is 3.82. The summed E-state index contributed by atoms with van der Waals surface area (Å²) in [5.74, 6) is 1.69. The lowest BCUT2D eigenvalue weighted by molar-refractivity contribution is 0.0891. The van der Waals surface area contributed by atoms with Crippen LogP contribution in [0.15, 0.2) is 28.7 Å². The zero-order valence-electron chi connectivity index (χ0n) is 13.2. The lowest BCUT2D eigenvalue weighted by atomic mass is 9.94. The van der Waals surface area contributed by atoms with E-state index in [9.17, 15) is 0 Å². The molecule has 2 aliphatic rings. The van der Waals surface area contributed by atoms with Crippen LogP contribution in [0.1, 0.15) is 38.7 Å². The summed E-state index contributed by atoms with van der Waals surface area (Å²) in [4.78, 5) is 2.74. The Bertz CT molecular complexity index is 472. The van der Waals surface area contributed by atoms with Crippen LogP contribution in [-0.2, 0) is 6.54 Å².